The van der Waals surface area contributed by atoms with Crippen LogP contribution in [0.15, 0.2) is 47.5 Å². The first-order valence-corrected chi connectivity index (χ1v) is 7.65. The van der Waals surface area contributed by atoms with Crippen LogP contribution in [0.1, 0.15) is 16.7 Å². The zero-order valence-corrected chi connectivity index (χ0v) is 14.0. The number of nitrogens with zero attached hydrogens (tertiary/aromatic N) is 2. The Morgan fingerprint density at radius 1 is 1.08 bits per heavy atom. The van der Waals surface area contributed by atoms with Gasteiger partial charge in [0.15, 0.2) is 0 Å². The number of carbonyl (C=O) groups is 1. The van der Waals surface area contributed by atoms with Gasteiger partial charge in [-0.3, -0.25) is 9.79 Å². The molecule has 0 aromatic heterocycles. The second-order valence-corrected chi connectivity index (χ2v) is 5.69. The molecule has 0 unspecified atom stereocenters. The van der Waals surface area contributed by atoms with E-state index in [2.05, 4.69) is 4.99 Å². The number of hydrogen-bond donors (Lipinski definition) is 0. The summed E-state index contributed by atoms with van der Waals surface area (Å²) in [4.78, 5) is 17.9. The maximum absolute atomic E-state index is 13.4. The van der Waals surface area contributed by atoms with Crippen LogP contribution < -0.4 is 0 Å². The van der Waals surface area contributed by atoms with E-state index in [0.29, 0.717) is 13.0 Å². The van der Waals surface area contributed by atoms with Crippen molar-refractivity contribution in [3.05, 3.63) is 70.8 Å². The van der Waals surface area contributed by atoms with Crippen LogP contribution in [0, 0.1) is 18.6 Å². The summed E-state index contributed by atoms with van der Waals surface area (Å²) >= 11 is 0. The van der Waals surface area contributed by atoms with Crippen LogP contribution in [0.2, 0.25) is 0 Å². The molecule has 5 heteroatoms. The molecule has 2 aromatic carbocycles. The van der Waals surface area contributed by atoms with Gasteiger partial charge in [-0.1, -0.05) is 29.8 Å². The van der Waals surface area contributed by atoms with E-state index in [9.17, 15) is 13.6 Å². The third-order valence-electron chi connectivity index (χ3n) is 3.77. The first-order valence-electron chi connectivity index (χ1n) is 7.65. The van der Waals surface area contributed by atoms with Crippen LogP contribution in [0.5, 0.6) is 0 Å². The van der Waals surface area contributed by atoms with Crippen LogP contribution >= 0.6 is 0 Å². The highest BCUT2D eigenvalue weighted by Crippen LogP contribution is 2.11. The van der Waals surface area contributed by atoms with E-state index in [-0.39, 0.29) is 17.2 Å². The SMILES string of the molecule is CN=C(C(=O)N(C)CCc1ccc(C)cc1)c1cc(F)cc(F)c1. The van der Waals surface area contributed by atoms with Gasteiger partial charge in [0.1, 0.15) is 17.3 Å². The van der Waals surface area contributed by atoms with Crippen molar-refractivity contribution >= 4 is 11.6 Å². The van der Waals surface area contributed by atoms with Gasteiger partial charge in [-0.15, -0.1) is 0 Å². The molecule has 1 amide bonds. The average Bonchev–Trinajstić information content (AvgIpc) is 2.53. The lowest BCUT2D eigenvalue weighted by atomic mass is 10.1. The summed E-state index contributed by atoms with van der Waals surface area (Å²) in [6.07, 6.45) is 0.691. The van der Waals surface area contributed by atoms with Gasteiger partial charge in [0.2, 0.25) is 0 Å². The number of halogens is 2. The van der Waals surface area contributed by atoms with Gasteiger partial charge in [0.05, 0.1) is 0 Å². The van der Waals surface area contributed by atoms with Crippen molar-refractivity contribution in [1.29, 1.82) is 0 Å². The Morgan fingerprint density at radius 2 is 1.67 bits per heavy atom. The second-order valence-electron chi connectivity index (χ2n) is 5.69. The Balaban J connectivity index is 2.08. The molecule has 0 radical (unpaired) electrons. The third kappa shape index (κ3) is 4.47. The van der Waals surface area contributed by atoms with Crippen molar-refractivity contribution in [2.24, 2.45) is 4.99 Å². The van der Waals surface area contributed by atoms with Crippen LogP contribution in [0.25, 0.3) is 0 Å². The topological polar surface area (TPSA) is 32.7 Å². The molecule has 0 saturated heterocycles. The highest BCUT2D eigenvalue weighted by molar-refractivity contribution is 6.45. The highest BCUT2D eigenvalue weighted by Gasteiger charge is 2.19. The Bertz CT molecular complexity index is 734. The fourth-order valence-corrected chi connectivity index (χ4v) is 2.37. The first-order chi connectivity index (χ1) is 11.4. The van der Waals surface area contributed by atoms with Crippen molar-refractivity contribution < 1.29 is 13.6 Å². The summed E-state index contributed by atoms with van der Waals surface area (Å²) in [6, 6.07) is 11.1. The Kier molecular flexibility index (Phi) is 5.79. The van der Waals surface area contributed by atoms with Crippen molar-refractivity contribution in [3.63, 3.8) is 0 Å². The molecule has 3 nitrogen and oxygen atoms in total. The van der Waals surface area contributed by atoms with E-state index in [4.69, 9.17) is 0 Å². The van der Waals surface area contributed by atoms with Crippen molar-refractivity contribution in [1.82, 2.24) is 4.90 Å². The fraction of sp³-hybridized carbons (Fsp3) is 0.263. The van der Waals surface area contributed by atoms with Crippen molar-refractivity contribution in [2.75, 3.05) is 20.6 Å². The van der Waals surface area contributed by atoms with Gasteiger partial charge >= 0.3 is 0 Å². The average molecular weight is 330 g/mol. The largest absolute Gasteiger partial charge is 0.340 e. The van der Waals surface area contributed by atoms with E-state index in [1.165, 1.54) is 17.5 Å². The number of benzene rings is 2. The Morgan fingerprint density at radius 3 is 2.21 bits per heavy atom. The predicted octanol–water partition coefficient (Wildman–Crippen LogP) is 3.39. The Hall–Kier alpha value is -2.56. The van der Waals surface area contributed by atoms with Gasteiger partial charge in [-0.05, 0) is 31.0 Å². The molecule has 0 atom stereocenters. The summed E-state index contributed by atoms with van der Waals surface area (Å²) < 4.78 is 26.7. The molecular formula is C19H20F2N2O. The molecule has 2 aromatic rings. The van der Waals surface area contributed by atoms with Gasteiger partial charge in [-0.2, -0.15) is 0 Å². The molecule has 0 N–H and O–H groups in total. The van der Waals surface area contributed by atoms with Crippen LogP contribution in [-0.2, 0) is 11.2 Å². The molecule has 2 rings (SSSR count). The molecule has 126 valence electrons. The normalized spacial score (nSPS) is 11.5. The lowest BCUT2D eigenvalue weighted by molar-refractivity contribution is -0.122. The summed E-state index contributed by atoms with van der Waals surface area (Å²) in [5.41, 5.74) is 2.48. The van der Waals surface area contributed by atoms with Gasteiger partial charge in [-0.25, -0.2) is 8.78 Å². The monoisotopic (exact) mass is 330 g/mol. The van der Waals surface area contributed by atoms with E-state index >= 15 is 0 Å². The van der Waals surface area contributed by atoms with Gasteiger partial charge in [0, 0.05) is 32.3 Å². The maximum atomic E-state index is 13.4. The molecular weight excluding hydrogens is 310 g/mol. The first kappa shape index (κ1) is 17.8. The van der Waals surface area contributed by atoms with E-state index in [1.54, 1.807) is 7.05 Å². The number of aryl methyl sites for hydroxylation is 1. The standard InChI is InChI=1S/C19H20F2N2O/c1-13-4-6-14(7-5-13)8-9-23(3)19(24)18(22-2)15-10-16(20)12-17(21)11-15/h4-7,10-12H,8-9H2,1-3H3. The summed E-state index contributed by atoms with van der Waals surface area (Å²) in [6.45, 7) is 2.50. The molecule has 24 heavy (non-hydrogen) atoms. The number of carbonyl (C=O) groups excluding carboxylic acids is 1. The third-order valence-corrected chi connectivity index (χ3v) is 3.77. The lowest BCUT2D eigenvalue weighted by Gasteiger charge is -2.18. The molecule has 0 fully saturated rings. The van der Waals surface area contributed by atoms with E-state index in [0.717, 1.165) is 23.8 Å². The minimum absolute atomic E-state index is 0.0415. The van der Waals surface area contributed by atoms with Gasteiger partial charge in [0.25, 0.3) is 5.91 Å². The Labute approximate surface area is 140 Å². The smallest absolute Gasteiger partial charge is 0.272 e. The van der Waals surface area contributed by atoms with Crippen molar-refractivity contribution in [3.8, 4) is 0 Å². The molecule has 0 aliphatic carbocycles. The van der Waals surface area contributed by atoms with Crippen molar-refractivity contribution in [2.45, 2.75) is 13.3 Å². The summed E-state index contributed by atoms with van der Waals surface area (Å²) in [5.74, 6) is -1.84. The molecule has 0 spiro atoms. The fourth-order valence-electron chi connectivity index (χ4n) is 2.37. The number of likely N-dealkylation sites (N-methyl/N-ethyl adjacent to an activating group) is 1. The number of rotatable bonds is 5. The molecule has 0 bridgehead atoms. The molecule has 0 heterocycles. The van der Waals surface area contributed by atoms with Crippen LogP contribution in [-0.4, -0.2) is 37.2 Å². The highest BCUT2D eigenvalue weighted by atomic mass is 19.1. The predicted molar refractivity (Wildman–Crippen MR) is 91.3 cm³/mol. The minimum atomic E-state index is -0.735. The second kappa shape index (κ2) is 7.81. The molecule has 0 saturated carbocycles. The van der Waals surface area contributed by atoms with Gasteiger partial charge < -0.3 is 4.90 Å². The van der Waals surface area contributed by atoms with E-state index < -0.39 is 11.6 Å². The van der Waals surface area contributed by atoms with Crippen LogP contribution in [0.4, 0.5) is 8.78 Å². The molecule has 0 aliphatic rings. The number of amides is 1. The number of aliphatic imine (C=N–C) groups is 1. The van der Waals surface area contributed by atoms with E-state index in [1.807, 2.05) is 31.2 Å². The quantitative estimate of drug-likeness (QED) is 0.774. The maximum Gasteiger partial charge on any atom is 0.272 e. The number of hydrogen-bond acceptors (Lipinski definition) is 2. The zero-order valence-electron chi connectivity index (χ0n) is 14.0. The lowest BCUT2D eigenvalue weighted by Crippen LogP contribution is -2.35. The summed E-state index contributed by atoms with van der Waals surface area (Å²) in [7, 11) is 3.08. The molecule has 0 aliphatic heterocycles. The zero-order chi connectivity index (χ0) is 17.7. The van der Waals surface area contributed by atoms with Crippen LogP contribution in [0.3, 0.4) is 0 Å². The summed E-state index contributed by atoms with van der Waals surface area (Å²) in [5, 5.41) is 0. The minimum Gasteiger partial charge on any atom is -0.340 e.